The molecule has 0 aromatic rings. The van der Waals surface area contributed by atoms with E-state index in [2.05, 4.69) is 5.16 Å². The highest BCUT2D eigenvalue weighted by Gasteiger charge is 2.58. The highest BCUT2D eigenvalue weighted by molar-refractivity contribution is 5.86. The molecule has 168 valence electrons. The number of nitrogens with zero attached hydrogens (tertiary/aromatic N) is 1. The van der Waals surface area contributed by atoms with Crippen molar-refractivity contribution in [1.29, 1.82) is 0 Å². The van der Waals surface area contributed by atoms with Crippen molar-refractivity contribution in [3.8, 4) is 0 Å². The van der Waals surface area contributed by atoms with Gasteiger partial charge in [-0.3, -0.25) is 0 Å². The minimum atomic E-state index is -0.716. The van der Waals surface area contributed by atoms with E-state index in [0.717, 1.165) is 5.71 Å². The van der Waals surface area contributed by atoms with Crippen LogP contribution in [-0.4, -0.2) is 85.8 Å². The van der Waals surface area contributed by atoms with Gasteiger partial charge >= 0.3 is 0 Å². The van der Waals surface area contributed by atoms with Gasteiger partial charge in [0.25, 0.3) is 0 Å². The van der Waals surface area contributed by atoms with Crippen LogP contribution in [-0.2, 0) is 42.7 Å². The second-order valence-electron chi connectivity index (χ2n) is 9.68. The van der Waals surface area contributed by atoms with E-state index in [4.69, 9.17) is 42.7 Å². The SMILES string of the molecule is CC1(C)O[C@H]2O[C@@H]3CO[C@H]4[C@H]5OC(C)(C)O[C@H]5O[C@@H]4CC4=NO[C@H](CO[C@H]3[C@H]2O1)C4. The fourth-order valence-corrected chi connectivity index (χ4v) is 5.15. The van der Waals surface area contributed by atoms with Crippen molar-refractivity contribution in [2.45, 2.75) is 107 Å². The van der Waals surface area contributed by atoms with Crippen molar-refractivity contribution in [3.63, 3.8) is 0 Å². The average Bonchev–Trinajstić information content (AvgIpc) is 3.39. The van der Waals surface area contributed by atoms with Crippen LogP contribution in [0.15, 0.2) is 5.16 Å². The van der Waals surface area contributed by atoms with Gasteiger partial charge in [0.05, 0.1) is 25.0 Å². The first-order chi connectivity index (χ1) is 14.3. The summed E-state index contributed by atoms with van der Waals surface area (Å²) in [5, 5.41) is 4.25. The second-order valence-corrected chi connectivity index (χ2v) is 9.68. The Balaban J connectivity index is 1.24. The Morgan fingerprint density at radius 2 is 1.30 bits per heavy atom. The molecule has 10 heteroatoms. The number of oxime groups is 1. The lowest BCUT2D eigenvalue weighted by atomic mass is 10.0. The van der Waals surface area contributed by atoms with Gasteiger partial charge in [-0.2, -0.15) is 0 Å². The van der Waals surface area contributed by atoms with Gasteiger partial charge < -0.3 is 42.7 Å². The lowest BCUT2D eigenvalue weighted by Gasteiger charge is -2.30. The maximum atomic E-state index is 6.34. The lowest BCUT2D eigenvalue weighted by molar-refractivity contribution is -0.235. The third-order valence-corrected chi connectivity index (χ3v) is 6.33. The van der Waals surface area contributed by atoms with Crippen molar-refractivity contribution < 1.29 is 42.7 Å². The molecule has 0 spiro atoms. The fraction of sp³-hybridized carbons (Fsp3) is 0.950. The summed E-state index contributed by atoms with van der Waals surface area (Å²) >= 11 is 0. The molecule has 6 rings (SSSR count). The van der Waals surface area contributed by atoms with Gasteiger partial charge in [0, 0.05) is 12.8 Å². The molecular weight excluding hydrogens is 398 g/mol. The van der Waals surface area contributed by atoms with Crippen LogP contribution in [0.2, 0.25) is 0 Å². The highest BCUT2D eigenvalue weighted by atomic mass is 16.9. The Hall–Kier alpha value is -0.850. The molecule has 0 unspecified atom stereocenters. The standard InChI is InChI=1S/C20H29NO9/c1-19(2)26-15-13-11(24-17(15)28-19)6-9-5-10(30-21-9)7-22-14-12(8-23-13)25-18-16(14)27-20(3,4)29-18/h10-18H,5-8H2,1-4H3/t10-,11+,12+,13+,14+,15+,16+,17+,18+/m0/s1. The van der Waals surface area contributed by atoms with Crippen LogP contribution in [0, 0.1) is 0 Å². The molecule has 2 bridgehead atoms. The maximum Gasteiger partial charge on any atom is 0.190 e. The van der Waals surface area contributed by atoms with E-state index in [0.29, 0.717) is 26.1 Å². The molecule has 0 saturated carbocycles. The highest BCUT2D eigenvalue weighted by Crippen LogP contribution is 2.42. The quantitative estimate of drug-likeness (QED) is 0.562. The number of hydrogen-bond donors (Lipinski definition) is 0. The Kier molecular flexibility index (Phi) is 4.50. The molecule has 6 heterocycles. The minimum Gasteiger partial charge on any atom is -0.390 e. The molecule has 9 atom stereocenters. The van der Waals surface area contributed by atoms with Crippen molar-refractivity contribution in [2.24, 2.45) is 5.16 Å². The van der Waals surface area contributed by atoms with Crippen molar-refractivity contribution >= 4 is 5.71 Å². The van der Waals surface area contributed by atoms with Gasteiger partial charge in [-0.25, -0.2) is 0 Å². The summed E-state index contributed by atoms with van der Waals surface area (Å²) in [5.41, 5.74) is 0.931. The van der Waals surface area contributed by atoms with E-state index in [9.17, 15) is 0 Å². The molecule has 0 amide bonds. The third kappa shape index (κ3) is 3.38. The van der Waals surface area contributed by atoms with Gasteiger partial charge in [-0.05, 0) is 27.7 Å². The fourth-order valence-electron chi connectivity index (χ4n) is 5.15. The Morgan fingerprint density at radius 3 is 2.00 bits per heavy atom. The zero-order valence-electron chi connectivity index (χ0n) is 17.6. The molecule has 0 aliphatic carbocycles. The first-order valence-electron chi connectivity index (χ1n) is 10.7. The maximum absolute atomic E-state index is 6.34. The van der Waals surface area contributed by atoms with Crippen molar-refractivity contribution in [2.75, 3.05) is 13.2 Å². The molecular formula is C20H29NO9. The van der Waals surface area contributed by atoms with E-state index < -0.39 is 24.2 Å². The zero-order chi connectivity index (χ0) is 20.7. The van der Waals surface area contributed by atoms with Crippen LogP contribution in [0.1, 0.15) is 40.5 Å². The molecule has 6 aliphatic rings. The lowest BCUT2D eigenvalue weighted by Crippen LogP contribution is -2.44. The number of hydrogen-bond acceptors (Lipinski definition) is 10. The topological polar surface area (TPSA) is 95.4 Å². The van der Waals surface area contributed by atoms with Crippen LogP contribution < -0.4 is 0 Å². The summed E-state index contributed by atoms with van der Waals surface area (Å²) in [4.78, 5) is 5.60. The Morgan fingerprint density at radius 1 is 0.700 bits per heavy atom. The molecule has 6 aliphatic heterocycles. The molecule has 0 aromatic heterocycles. The van der Waals surface area contributed by atoms with E-state index in [1.807, 2.05) is 27.7 Å². The Labute approximate surface area is 175 Å². The van der Waals surface area contributed by atoms with Gasteiger partial charge in [0.15, 0.2) is 30.3 Å². The van der Waals surface area contributed by atoms with Crippen LogP contribution in [0.25, 0.3) is 0 Å². The summed E-state index contributed by atoms with van der Waals surface area (Å²) in [6.45, 7) is 8.19. The van der Waals surface area contributed by atoms with Gasteiger partial charge in [0.1, 0.15) is 30.5 Å². The van der Waals surface area contributed by atoms with Gasteiger partial charge in [0.2, 0.25) is 0 Å². The first kappa shape index (κ1) is 19.8. The summed E-state index contributed by atoms with van der Waals surface area (Å²) < 4.78 is 48.8. The molecule has 0 radical (unpaired) electrons. The van der Waals surface area contributed by atoms with E-state index in [-0.39, 0.29) is 42.7 Å². The van der Waals surface area contributed by atoms with Crippen LogP contribution in [0.5, 0.6) is 0 Å². The van der Waals surface area contributed by atoms with Crippen molar-refractivity contribution in [1.82, 2.24) is 0 Å². The van der Waals surface area contributed by atoms with Crippen LogP contribution in [0.4, 0.5) is 0 Å². The number of fused-ring (bicyclic) bond motifs is 8. The minimum absolute atomic E-state index is 0.138. The molecule has 5 fully saturated rings. The van der Waals surface area contributed by atoms with Gasteiger partial charge in [-0.1, -0.05) is 5.16 Å². The van der Waals surface area contributed by atoms with Gasteiger partial charge in [-0.15, -0.1) is 0 Å². The second kappa shape index (κ2) is 6.82. The monoisotopic (exact) mass is 427 g/mol. The predicted molar refractivity (Wildman–Crippen MR) is 98.4 cm³/mol. The van der Waals surface area contributed by atoms with E-state index in [1.165, 1.54) is 0 Å². The number of ether oxygens (including phenoxy) is 8. The molecule has 5 saturated heterocycles. The summed E-state index contributed by atoms with van der Waals surface area (Å²) in [7, 11) is 0. The van der Waals surface area contributed by atoms with Crippen LogP contribution >= 0.6 is 0 Å². The summed E-state index contributed by atoms with van der Waals surface area (Å²) in [6, 6.07) is 0. The largest absolute Gasteiger partial charge is 0.390 e. The smallest absolute Gasteiger partial charge is 0.190 e. The molecule has 0 N–H and O–H groups in total. The average molecular weight is 427 g/mol. The van der Waals surface area contributed by atoms with E-state index in [1.54, 1.807) is 0 Å². The molecule has 30 heavy (non-hydrogen) atoms. The van der Waals surface area contributed by atoms with Crippen molar-refractivity contribution in [3.05, 3.63) is 0 Å². The predicted octanol–water partition coefficient (Wildman–Crippen LogP) is 1.06. The summed E-state index contributed by atoms with van der Waals surface area (Å²) in [5.74, 6) is -1.43. The third-order valence-electron chi connectivity index (χ3n) is 6.33. The summed E-state index contributed by atoms with van der Waals surface area (Å²) in [6.07, 6.45) is -1.69. The molecule has 10 nitrogen and oxygen atoms in total. The van der Waals surface area contributed by atoms with Crippen LogP contribution in [0.3, 0.4) is 0 Å². The Bertz CT molecular complexity index is 727. The zero-order valence-corrected chi connectivity index (χ0v) is 17.6. The van der Waals surface area contributed by atoms with E-state index >= 15 is 0 Å². The first-order valence-corrected chi connectivity index (χ1v) is 10.7. The molecule has 0 aromatic carbocycles. The normalized spacial score (nSPS) is 51.1. The number of rotatable bonds is 0.